The van der Waals surface area contributed by atoms with E-state index in [0.717, 1.165) is 24.6 Å². The first-order valence-corrected chi connectivity index (χ1v) is 11.8. The second-order valence-corrected chi connectivity index (χ2v) is 9.04. The van der Waals surface area contributed by atoms with E-state index in [1.165, 1.54) is 18.4 Å². The number of carbonyl (C=O) groups is 1. The van der Waals surface area contributed by atoms with Gasteiger partial charge >= 0.3 is 6.36 Å². The minimum atomic E-state index is -4.85. The van der Waals surface area contributed by atoms with Gasteiger partial charge in [-0.3, -0.25) is 9.52 Å². The van der Waals surface area contributed by atoms with Crippen LogP contribution in [0.1, 0.15) is 23.2 Å². The first-order valence-electron chi connectivity index (χ1n) is 9.53. The Morgan fingerprint density at radius 3 is 2.55 bits per heavy atom. The van der Waals surface area contributed by atoms with E-state index in [1.54, 1.807) is 0 Å². The summed E-state index contributed by atoms with van der Waals surface area (Å²) < 4.78 is 74.5. The maximum absolute atomic E-state index is 14.4. The molecular formula is C20H18Cl2F4N2O4S. The van der Waals surface area contributed by atoms with E-state index in [0.29, 0.717) is 18.7 Å². The molecule has 0 saturated carbocycles. The third-order valence-corrected chi connectivity index (χ3v) is 5.85. The molecule has 13 heteroatoms. The van der Waals surface area contributed by atoms with Crippen molar-refractivity contribution in [3.05, 3.63) is 51.8 Å². The number of hydrogen-bond donors (Lipinski definition) is 1. The van der Waals surface area contributed by atoms with Crippen molar-refractivity contribution in [3.63, 3.8) is 0 Å². The van der Waals surface area contributed by atoms with Gasteiger partial charge in [0.15, 0.2) is 0 Å². The Labute approximate surface area is 199 Å². The van der Waals surface area contributed by atoms with E-state index >= 15 is 0 Å². The van der Waals surface area contributed by atoms with Crippen LogP contribution in [0.5, 0.6) is 11.5 Å². The van der Waals surface area contributed by atoms with Gasteiger partial charge in [0.2, 0.25) is 0 Å². The molecule has 3 rings (SSSR count). The van der Waals surface area contributed by atoms with Crippen molar-refractivity contribution in [1.82, 2.24) is 4.72 Å². The fourth-order valence-corrected chi connectivity index (χ4v) is 4.21. The second-order valence-electron chi connectivity index (χ2n) is 7.11. The van der Waals surface area contributed by atoms with E-state index < -0.39 is 34.8 Å². The molecule has 6 nitrogen and oxygen atoms in total. The molecule has 1 unspecified atom stereocenters. The normalized spacial score (nSPS) is 17.1. The molecule has 1 heterocycles. The highest BCUT2D eigenvalue weighted by Gasteiger charge is 2.33. The number of rotatable bonds is 7. The Morgan fingerprint density at radius 1 is 1.21 bits per heavy atom. The molecule has 0 aromatic heterocycles. The SMILES string of the molecule is CS(=O)NC(=O)c1cc(Cl)c(OC[C@@H]2CCCN2c2ccc(OC(F)(F)F)c(Cl)c2)cc1F. The number of benzene rings is 2. The Hall–Kier alpha value is -2.24. The van der Waals surface area contributed by atoms with E-state index in [1.807, 2.05) is 4.90 Å². The molecule has 180 valence electrons. The van der Waals surface area contributed by atoms with Crippen LogP contribution in [0.2, 0.25) is 10.0 Å². The summed E-state index contributed by atoms with van der Waals surface area (Å²) in [5, 5.41) is -0.201. The lowest BCUT2D eigenvalue weighted by Crippen LogP contribution is -2.34. The summed E-state index contributed by atoms with van der Waals surface area (Å²) in [5.41, 5.74) is 0.207. The monoisotopic (exact) mass is 528 g/mol. The lowest BCUT2D eigenvalue weighted by atomic mass is 10.2. The van der Waals surface area contributed by atoms with E-state index in [-0.39, 0.29) is 34.0 Å². The van der Waals surface area contributed by atoms with Crippen LogP contribution in [0.15, 0.2) is 30.3 Å². The minimum Gasteiger partial charge on any atom is -0.490 e. The first kappa shape index (κ1) is 25.4. The Bertz CT molecular complexity index is 1070. The Balaban J connectivity index is 1.70. The van der Waals surface area contributed by atoms with Crippen molar-refractivity contribution in [1.29, 1.82) is 0 Å². The average Bonchev–Trinajstić information content (AvgIpc) is 3.17. The zero-order valence-corrected chi connectivity index (χ0v) is 19.4. The summed E-state index contributed by atoms with van der Waals surface area (Å²) in [6.07, 6.45) is -2.12. The molecule has 0 radical (unpaired) electrons. The molecule has 1 aliphatic rings. The number of nitrogens with one attached hydrogen (secondary N) is 1. The number of ether oxygens (including phenoxy) is 2. The van der Waals surface area contributed by atoms with Crippen molar-refractivity contribution < 1.29 is 36.0 Å². The number of amides is 1. The van der Waals surface area contributed by atoms with Crippen LogP contribution in [0, 0.1) is 5.82 Å². The summed E-state index contributed by atoms with van der Waals surface area (Å²) in [4.78, 5) is 13.8. The van der Waals surface area contributed by atoms with Crippen LogP contribution in [0.3, 0.4) is 0 Å². The van der Waals surface area contributed by atoms with E-state index in [4.69, 9.17) is 27.9 Å². The van der Waals surface area contributed by atoms with Gasteiger partial charge in [0.25, 0.3) is 5.91 Å². The topological polar surface area (TPSA) is 67.9 Å². The van der Waals surface area contributed by atoms with Gasteiger partial charge in [-0.05, 0) is 37.1 Å². The molecule has 2 aromatic carbocycles. The number of halogens is 6. The predicted octanol–water partition coefficient (Wildman–Crippen LogP) is 5.10. The van der Waals surface area contributed by atoms with Crippen LogP contribution >= 0.6 is 23.2 Å². The summed E-state index contributed by atoms with van der Waals surface area (Å²) in [5.74, 6) is -2.26. The van der Waals surface area contributed by atoms with Crippen LogP contribution in [0.4, 0.5) is 23.2 Å². The van der Waals surface area contributed by atoms with Gasteiger partial charge in [-0.25, -0.2) is 8.60 Å². The van der Waals surface area contributed by atoms with Gasteiger partial charge in [-0.15, -0.1) is 13.2 Å². The van der Waals surface area contributed by atoms with Crippen LogP contribution < -0.4 is 19.1 Å². The number of nitrogens with zero attached hydrogens (tertiary/aromatic N) is 1. The highest BCUT2D eigenvalue weighted by molar-refractivity contribution is 7.82. The Kier molecular flexibility index (Phi) is 7.96. The maximum Gasteiger partial charge on any atom is 0.573 e. The standard InChI is InChI=1S/C20H18Cl2F4N2O4S/c1-33(30)27-19(29)13-8-15(22)18(9-16(13)23)31-10-12-3-2-6-28(12)11-4-5-17(14(21)7-11)32-20(24,25)26/h4-5,7-9,12H,2-3,6,10H2,1H3,(H,27,29)/t12-,33?/m0/s1. The van der Waals surface area contributed by atoms with Gasteiger partial charge < -0.3 is 14.4 Å². The third kappa shape index (κ3) is 6.64. The predicted molar refractivity (Wildman–Crippen MR) is 117 cm³/mol. The van der Waals surface area contributed by atoms with Crippen molar-refractivity contribution in [2.45, 2.75) is 25.2 Å². The second kappa shape index (κ2) is 10.4. The average molecular weight is 529 g/mol. The number of hydrogen-bond acceptors (Lipinski definition) is 5. The van der Waals surface area contributed by atoms with Crippen LogP contribution in [0.25, 0.3) is 0 Å². The van der Waals surface area contributed by atoms with Crippen molar-refractivity contribution in [3.8, 4) is 11.5 Å². The molecular weight excluding hydrogens is 511 g/mol. The van der Waals surface area contributed by atoms with Crippen molar-refractivity contribution in [2.24, 2.45) is 0 Å². The molecule has 1 amide bonds. The Morgan fingerprint density at radius 2 is 1.91 bits per heavy atom. The number of alkyl halides is 3. The highest BCUT2D eigenvalue weighted by Crippen LogP contribution is 2.36. The highest BCUT2D eigenvalue weighted by atomic mass is 35.5. The van der Waals surface area contributed by atoms with E-state index in [9.17, 15) is 26.6 Å². The summed E-state index contributed by atoms with van der Waals surface area (Å²) >= 11 is 12.1. The largest absolute Gasteiger partial charge is 0.573 e. The number of anilines is 1. The summed E-state index contributed by atoms with van der Waals surface area (Å²) in [6.45, 7) is 0.710. The molecule has 1 fully saturated rings. The third-order valence-electron chi connectivity index (χ3n) is 4.78. The fraction of sp³-hybridized carbons (Fsp3) is 0.350. The minimum absolute atomic E-state index is 0.00956. The molecule has 33 heavy (non-hydrogen) atoms. The quantitative estimate of drug-likeness (QED) is 0.506. The van der Waals surface area contributed by atoms with Gasteiger partial charge in [0.1, 0.15) is 34.9 Å². The lowest BCUT2D eigenvalue weighted by Gasteiger charge is -2.27. The molecule has 0 aliphatic carbocycles. The fourth-order valence-electron chi connectivity index (χ4n) is 3.41. The van der Waals surface area contributed by atoms with Crippen LogP contribution in [-0.2, 0) is 11.0 Å². The molecule has 1 aliphatic heterocycles. The van der Waals surface area contributed by atoms with Crippen LogP contribution in [-0.4, -0.2) is 41.9 Å². The zero-order chi connectivity index (χ0) is 24.3. The summed E-state index contributed by atoms with van der Waals surface area (Å²) in [6, 6.07) is 5.84. The summed E-state index contributed by atoms with van der Waals surface area (Å²) in [7, 11) is -1.67. The molecule has 2 aromatic rings. The maximum atomic E-state index is 14.4. The lowest BCUT2D eigenvalue weighted by molar-refractivity contribution is -0.274. The molecule has 1 saturated heterocycles. The van der Waals surface area contributed by atoms with Gasteiger partial charge in [0, 0.05) is 24.6 Å². The smallest absolute Gasteiger partial charge is 0.490 e. The van der Waals surface area contributed by atoms with Gasteiger partial charge in [-0.2, -0.15) is 0 Å². The van der Waals surface area contributed by atoms with Crippen molar-refractivity contribution >= 4 is 45.8 Å². The van der Waals surface area contributed by atoms with Gasteiger partial charge in [0.05, 0.1) is 21.7 Å². The zero-order valence-electron chi connectivity index (χ0n) is 17.0. The molecule has 2 atom stereocenters. The molecule has 1 N–H and O–H groups in total. The molecule has 0 spiro atoms. The van der Waals surface area contributed by atoms with E-state index in [2.05, 4.69) is 9.46 Å². The molecule has 0 bridgehead atoms. The number of carbonyl (C=O) groups excluding carboxylic acids is 1. The van der Waals surface area contributed by atoms with Crippen molar-refractivity contribution in [2.75, 3.05) is 24.3 Å². The first-order chi connectivity index (χ1) is 15.4. The van der Waals surface area contributed by atoms with Gasteiger partial charge in [-0.1, -0.05) is 23.2 Å².